The third-order valence-electron chi connectivity index (χ3n) is 4.84. The number of ether oxygens (including phenoxy) is 1. The van der Waals surface area contributed by atoms with Crippen LogP contribution in [0.15, 0.2) is 0 Å². The normalized spacial score (nSPS) is 25.5. The highest BCUT2D eigenvalue weighted by Crippen LogP contribution is 2.31. The van der Waals surface area contributed by atoms with Gasteiger partial charge in [-0.1, -0.05) is 44.9 Å². The molecule has 1 unspecified atom stereocenters. The zero-order valence-corrected chi connectivity index (χ0v) is 14.2. The lowest BCUT2D eigenvalue weighted by Crippen LogP contribution is -2.44. The largest absolute Gasteiger partial charge is 0.444 e. The standard InChI is InChI=1S/C18H33NO2/c1-18(2,3)21-17(20)19-13-9-5-8-12-16(19)14-15-10-6-4-7-11-15/h15-16H,4-14H2,1-3H3. The predicted molar refractivity (Wildman–Crippen MR) is 86.4 cm³/mol. The number of nitrogens with zero attached hydrogens (tertiary/aromatic N) is 1. The number of carbonyl (C=O) groups excluding carboxylic acids is 1. The second-order valence-electron chi connectivity index (χ2n) is 7.92. The van der Waals surface area contributed by atoms with Gasteiger partial charge in [0.2, 0.25) is 0 Å². The second kappa shape index (κ2) is 7.51. The first-order valence-electron chi connectivity index (χ1n) is 8.95. The van der Waals surface area contributed by atoms with Crippen LogP contribution < -0.4 is 0 Å². The summed E-state index contributed by atoms with van der Waals surface area (Å²) in [6, 6.07) is 0.408. The Bertz CT molecular complexity index is 329. The Morgan fingerprint density at radius 1 is 1.00 bits per heavy atom. The van der Waals surface area contributed by atoms with Crippen molar-refractivity contribution in [2.24, 2.45) is 5.92 Å². The third kappa shape index (κ3) is 5.52. The zero-order chi connectivity index (χ0) is 15.3. The van der Waals surface area contributed by atoms with E-state index in [0.717, 1.165) is 25.3 Å². The molecule has 0 bridgehead atoms. The van der Waals surface area contributed by atoms with Crippen LogP contribution in [-0.2, 0) is 4.74 Å². The van der Waals surface area contributed by atoms with Crippen LogP contribution in [0.2, 0.25) is 0 Å². The summed E-state index contributed by atoms with van der Waals surface area (Å²) in [7, 11) is 0. The number of amides is 1. The molecule has 0 aromatic rings. The quantitative estimate of drug-likeness (QED) is 0.706. The van der Waals surface area contributed by atoms with Crippen LogP contribution in [0, 0.1) is 5.92 Å². The molecule has 2 aliphatic rings. The van der Waals surface area contributed by atoms with Crippen molar-refractivity contribution in [1.29, 1.82) is 0 Å². The van der Waals surface area contributed by atoms with Crippen LogP contribution in [-0.4, -0.2) is 29.2 Å². The molecule has 2 fully saturated rings. The summed E-state index contributed by atoms with van der Waals surface area (Å²) in [6.45, 7) is 6.75. The van der Waals surface area contributed by atoms with Gasteiger partial charge in [0.15, 0.2) is 0 Å². The average Bonchev–Trinajstić information content (AvgIpc) is 2.63. The van der Waals surface area contributed by atoms with Crippen LogP contribution in [0.4, 0.5) is 4.79 Å². The molecule has 0 aromatic heterocycles. The Balaban J connectivity index is 1.97. The van der Waals surface area contributed by atoms with Crippen molar-refractivity contribution in [3.05, 3.63) is 0 Å². The second-order valence-corrected chi connectivity index (χ2v) is 7.92. The van der Waals surface area contributed by atoms with E-state index in [2.05, 4.69) is 0 Å². The fourth-order valence-electron chi connectivity index (χ4n) is 3.79. The van der Waals surface area contributed by atoms with Crippen molar-refractivity contribution in [2.75, 3.05) is 6.54 Å². The topological polar surface area (TPSA) is 29.5 Å². The van der Waals surface area contributed by atoms with Gasteiger partial charge in [-0.05, 0) is 46.0 Å². The van der Waals surface area contributed by atoms with Gasteiger partial charge >= 0.3 is 6.09 Å². The van der Waals surface area contributed by atoms with Crippen molar-refractivity contribution < 1.29 is 9.53 Å². The molecular formula is C18H33NO2. The van der Waals surface area contributed by atoms with Crippen LogP contribution in [0.25, 0.3) is 0 Å². The molecule has 3 nitrogen and oxygen atoms in total. The number of hydrogen-bond acceptors (Lipinski definition) is 2. The van der Waals surface area contributed by atoms with Gasteiger partial charge in [0.05, 0.1) is 0 Å². The molecule has 122 valence electrons. The fraction of sp³-hybridized carbons (Fsp3) is 0.944. The Morgan fingerprint density at radius 3 is 2.29 bits per heavy atom. The first kappa shape index (κ1) is 16.6. The lowest BCUT2D eigenvalue weighted by atomic mass is 9.83. The van der Waals surface area contributed by atoms with Gasteiger partial charge in [-0.2, -0.15) is 0 Å². The molecule has 1 amide bonds. The van der Waals surface area contributed by atoms with E-state index in [1.54, 1.807) is 0 Å². The number of likely N-dealkylation sites (tertiary alicyclic amines) is 1. The average molecular weight is 295 g/mol. The SMILES string of the molecule is CC(C)(C)OC(=O)N1CCCCCC1CC1CCCCC1. The van der Waals surface area contributed by atoms with Gasteiger partial charge in [0.25, 0.3) is 0 Å². The summed E-state index contributed by atoms with van der Waals surface area (Å²) in [4.78, 5) is 14.6. The summed E-state index contributed by atoms with van der Waals surface area (Å²) in [6.07, 6.45) is 12.8. The zero-order valence-electron chi connectivity index (χ0n) is 14.2. The molecule has 0 N–H and O–H groups in total. The third-order valence-corrected chi connectivity index (χ3v) is 4.84. The predicted octanol–water partition coefficient (Wildman–Crippen LogP) is 5.14. The fourth-order valence-corrected chi connectivity index (χ4v) is 3.79. The summed E-state index contributed by atoms with van der Waals surface area (Å²) < 4.78 is 5.64. The van der Waals surface area contributed by atoms with Crippen molar-refractivity contribution in [1.82, 2.24) is 4.90 Å². The number of carbonyl (C=O) groups is 1. The highest BCUT2D eigenvalue weighted by Gasteiger charge is 2.31. The molecule has 0 aromatic carbocycles. The molecule has 1 aliphatic heterocycles. The van der Waals surface area contributed by atoms with Gasteiger partial charge in [0, 0.05) is 12.6 Å². The van der Waals surface area contributed by atoms with Gasteiger partial charge in [-0.3, -0.25) is 0 Å². The molecule has 1 atom stereocenters. The minimum atomic E-state index is -0.390. The first-order chi connectivity index (χ1) is 9.96. The van der Waals surface area contributed by atoms with Crippen LogP contribution in [0.3, 0.4) is 0 Å². The molecule has 0 radical (unpaired) electrons. The molecule has 1 saturated carbocycles. The maximum absolute atomic E-state index is 12.5. The van der Waals surface area contributed by atoms with Crippen LogP contribution in [0.5, 0.6) is 0 Å². The van der Waals surface area contributed by atoms with E-state index < -0.39 is 5.60 Å². The minimum absolute atomic E-state index is 0.0924. The van der Waals surface area contributed by atoms with Gasteiger partial charge in [-0.15, -0.1) is 0 Å². The smallest absolute Gasteiger partial charge is 0.410 e. The molecule has 2 rings (SSSR count). The van der Waals surface area contributed by atoms with E-state index in [-0.39, 0.29) is 6.09 Å². The molecular weight excluding hydrogens is 262 g/mol. The Hall–Kier alpha value is -0.730. The van der Waals surface area contributed by atoms with E-state index in [0.29, 0.717) is 6.04 Å². The van der Waals surface area contributed by atoms with Crippen LogP contribution in [0.1, 0.15) is 85.0 Å². The van der Waals surface area contributed by atoms with E-state index in [4.69, 9.17) is 4.74 Å². The first-order valence-corrected chi connectivity index (χ1v) is 8.95. The Labute approximate surface area is 130 Å². The lowest BCUT2D eigenvalue weighted by Gasteiger charge is -2.35. The van der Waals surface area contributed by atoms with Gasteiger partial charge in [0.1, 0.15) is 5.60 Å². The number of hydrogen-bond donors (Lipinski definition) is 0. The van der Waals surface area contributed by atoms with Crippen molar-refractivity contribution in [3.63, 3.8) is 0 Å². The van der Waals surface area contributed by atoms with Gasteiger partial charge < -0.3 is 9.64 Å². The molecule has 3 heteroatoms. The highest BCUT2D eigenvalue weighted by atomic mass is 16.6. The van der Waals surface area contributed by atoms with Crippen LogP contribution >= 0.6 is 0 Å². The summed E-state index contributed by atoms with van der Waals surface area (Å²) in [5.74, 6) is 0.826. The van der Waals surface area contributed by atoms with Gasteiger partial charge in [-0.25, -0.2) is 4.79 Å². The van der Waals surface area contributed by atoms with E-state index in [9.17, 15) is 4.79 Å². The molecule has 1 aliphatic carbocycles. The summed E-state index contributed by atoms with van der Waals surface area (Å²) in [5.41, 5.74) is -0.390. The molecule has 0 spiro atoms. The maximum Gasteiger partial charge on any atom is 0.410 e. The van der Waals surface area contributed by atoms with E-state index in [1.807, 2.05) is 25.7 Å². The molecule has 1 saturated heterocycles. The minimum Gasteiger partial charge on any atom is -0.444 e. The highest BCUT2D eigenvalue weighted by molar-refractivity contribution is 5.68. The summed E-state index contributed by atoms with van der Waals surface area (Å²) >= 11 is 0. The lowest BCUT2D eigenvalue weighted by molar-refractivity contribution is 0.0136. The molecule has 21 heavy (non-hydrogen) atoms. The van der Waals surface area contributed by atoms with E-state index >= 15 is 0 Å². The van der Waals surface area contributed by atoms with Crippen molar-refractivity contribution in [3.8, 4) is 0 Å². The number of rotatable bonds is 2. The summed E-state index contributed by atoms with van der Waals surface area (Å²) in [5, 5.41) is 0. The van der Waals surface area contributed by atoms with E-state index in [1.165, 1.54) is 51.4 Å². The maximum atomic E-state index is 12.5. The van der Waals surface area contributed by atoms with Crippen molar-refractivity contribution in [2.45, 2.75) is 96.6 Å². The molecule has 1 heterocycles. The Morgan fingerprint density at radius 2 is 1.62 bits per heavy atom. The monoisotopic (exact) mass is 295 g/mol. The van der Waals surface area contributed by atoms with Crippen molar-refractivity contribution >= 4 is 6.09 Å². The Kier molecular flexibility index (Phi) is 5.95.